The highest BCUT2D eigenvalue weighted by Gasteiger charge is 2.37. The van der Waals surface area contributed by atoms with Crippen LogP contribution in [0.1, 0.15) is 51.4 Å². The zero-order chi connectivity index (χ0) is 11.3. The molecule has 1 aliphatic heterocycles. The minimum Gasteiger partial charge on any atom is -0.375 e. The second-order valence-electron chi connectivity index (χ2n) is 5.25. The number of ether oxygens (including phenoxy) is 1. The minimum atomic E-state index is 0.243. The average molecular weight is 243 g/mol. The Hall–Kier alpha value is -0.0100. The Morgan fingerprint density at radius 1 is 1.25 bits per heavy atom. The van der Waals surface area contributed by atoms with Gasteiger partial charge in [0.15, 0.2) is 0 Å². The van der Waals surface area contributed by atoms with Crippen molar-refractivity contribution in [2.45, 2.75) is 57.0 Å². The molecule has 2 aliphatic rings. The monoisotopic (exact) mass is 242 g/mol. The number of halogens is 1. The average Bonchev–Trinajstić information content (AvgIpc) is 2.31. The fraction of sp³-hybridized carbons (Fsp3) is 0.857. The highest BCUT2D eigenvalue weighted by atomic mass is 35.5. The lowest BCUT2D eigenvalue weighted by atomic mass is 9.76. The second-order valence-corrected chi connectivity index (χ2v) is 5.63. The van der Waals surface area contributed by atoms with Crippen LogP contribution in [0.5, 0.6) is 0 Å². The van der Waals surface area contributed by atoms with Gasteiger partial charge in [0.1, 0.15) is 0 Å². The zero-order valence-corrected chi connectivity index (χ0v) is 10.8. The SMILES string of the molecule is ClCCC=CC1CCOC2(CCCCC2)C1. The Balaban J connectivity index is 1.87. The van der Waals surface area contributed by atoms with E-state index in [-0.39, 0.29) is 5.60 Å². The summed E-state index contributed by atoms with van der Waals surface area (Å²) in [5.41, 5.74) is 0.243. The van der Waals surface area contributed by atoms with Gasteiger partial charge < -0.3 is 4.74 Å². The van der Waals surface area contributed by atoms with E-state index >= 15 is 0 Å². The Labute approximate surface area is 104 Å². The van der Waals surface area contributed by atoms with Crippen molar-refractivity contribution in [2.24, 2.45) is 5.92 Å². The first kappa shape index (κ1) is 12.4. The standard InChI is InChI=1S/C14H23ClO/c15-10-5-2-6-13-7-11-16-14(12-13)8-3-1-4-9-14/h2,6,13H,1,3-5,7-12H2. The summed E-state index contributed by atoms with van der Waals surface area (Å²) in [7, 11) is 0. The van der Waals surface area contributed by atoms with Gasteiger partial charge in [-0.15, -0.1) is 11.6 Å². The van der Waals surface area contributed by atoms with E-state index in [9.17, 15) is 0 Å². The summed E-state index contributed by atoms with van der Waals surface area (Å²) in [5.74, 6) is 1.47. The summed E-state index contributed by atoms with van der Waals surface area (Å²) in [6.45, 7) is 0.954. The van der Waals surface area contributed by atoms with Gasteiger partial charge in [0.25, 0.3) is 0 Å². The van der Waals surface area contributed by atoms with E-state index in [1.54, 1.807) is 0 Å². The predicted octanol–water partition coefficient (Wildman–Crippen LogP) is 4.30. The molecule has 1 saturated heterocycles. The number of hydrogen-bond acceptors (Lipinski definition) is 1. The molecule has 1 unspecified atom stereocenters. The molecule has 1 spiro atoms. The van der Waals surface area contributed by atoms with Crippen molar-refractivity contribution in [2.75, 3.05) is 12.5 Å². The molecule has 16 heavy (non-hydrogen) atoms. The molecule has 2 fully saturated rings. The molecule has 1 atom stereocenters. The molecule has 1 aliphatic carbocycles. The van der Waals surface area contributed by atoms with Crippen molar-refractivity contribution in [3.05, 3.63) is 12.2 Å². The van der Waals surface area contributed by atoms with Gasteiger partial charge in [0.2, 0.25) is 0 Å². The number of hydrogen-bond donors (Lipinski definition) is 0. The first-order valence-electron chi connectivity index (χ1n) is 6.71. The highest BCUT2D eigenvalue weighted by molar-refractivity contribution is 6.17. The molecule has 2 heteroatoms. The lowest BCUT2D eigenvalue weighted by Gasteiger charge is -2.43. The molecule has 0 bridgehead atoms. The van der Waals surface area contributed by atoms with Crippen LogP contribution in [0.4, 0.5) is 0 Å². The topological polar surface area (TPSA) is 9.23 Å². The van der Waals surface area contributed by atoms with Crippen molar-refractivity contribution in [1.82, 2.24) is 0 Å². The van der Waals surface area contributed by atoms with E-state index in [4.69, 9.17) is 16.3 Å². The Morgan fingerprint density at radius 2 is 2.06 bits per heavy atom. The van der Waals surface area contributed by atoms with E-state index in [2.05, 4.69) is 12.2 Å². The van der Waals surface area contributed by atoms with Crippen LogP contribution in [0.25, 0.3) is 0 Å². The number of alkyl halides is 1. The van der Waals surface area contributed by atoms with E-state index in [1.165, 1.54) is 44.9 Å². The van der Waals surface area contributed by atoms with Gasteiger partial charge in [0.05, 0.1) is 5.60 Å². The van der Waals surface area contributed by atoms with Gasteiger partial charge in [-0.05, 0) is 38.0 Å². The molecule has 0 radical (unpaired) electrons. The van der Waals surface area contributed by atoms with Gasteiger partial charge in [-0.1, -0.05) is 31.4 Å². The number of allylic oxidation sites excluding steroid dienone is 2. The van der Waals surface area contributed by atoms with Crippen molar-refractivity contribution < 1.29 is 4.74 Å². The van der Waals surface area contributed by atoms with Crippen LogP contribution in [0.3, 0.4) is 0 Å². The fourth-order valence-corrected chi connectivity index (χ4v) is 3.25. The largest absolute Gasteiger partial charge is 0.375 e. The van der Waals surface area contributed by atoms with E-state index < -0.39 is 0 Å². The third kappa shape index (κ3) is 3.24. The third-order valence-electron chi connectivity index (χ3n) is 3.98. The molecule has 1 nitrogen and oxygen atoms in total. The fourth-order valence-electron chi connectivity index (χ4n) is 3.13. The van der Waals surface area contributed by atoms with Crippen molar-refractivity contribution in [3.63, 3.8) is 0 Å². The van der Waals surface area contributed by atoms with E-state index in [1.807, 2.05) is 0 Å². The van der Waals surface area contributed by atoms with Gasteiger partial charge in [-0.25, -0.2) is 0 Å². The predicted molar refractivity (Wildman–Crippen MR) is 69.0 cm³/mol. The summed E-state index contributed by atoms with van der Waals surface area (Å²) in [6.07, 6.45) is 14.8. The maximum Gasteiger partial charge on any atom is 0.0688 e. The summed E-state index contributed by atoms with van der Waals surface area (Å²) in [6, 6.07) is 0. The highest BCUT2D eigenvalue weighted by Crippen LogP contribution is 2.40. The first-order valence-corrected chi connectivity index (χ1v) is 7.25. The smallest absolute Gasteiger partial charge is 0.0688 e. The second kappa shape index (κ2) is 6.07. The Bertz CT molecular complexity index is 225. The third-order valence-corrected chi connectivity index (χ3v) is 4.20. The van der Waals surface area contributed by atoms with Crippen LogP contribution in [0.2, 0.25) is 0 Å². The summed E-state index contributed by atoms with van der Waals surface area (Å²) < 4.78 is 6.08. The zero-order valence-electron chi connectivity index (χ0n) is 10.1. The summed E-state index contributed by atoms with van der Waals surface area (Å²) in [5, 5.41) is 0. The van der Waals surface area contributed by atoms with Crippen LogP contribution in [-0.4, -0.2) is 18.1 Å². The number of rotatable bonds is 3. The van der Waals surface area contributed by atoms with Crippen LogP contribution in [-0.2, 0) is 4.74 Å². The van der Waals surface area contributed by atoms with Crippen LogP contribution >= 0.6 is 11.6 Å². The molecule has 0 N–H and O–H groups in total. The van der Waals surface area contributed by atoms with Crippen molar-refractivity contribution >= 4 is 11.6 Å². The Morgan fingerprint density at radius 3 is 2.81 bits per heavy atom. The van der Waals surface area contributed by atoms with E-state index in [0.717, 1.165) is 24.8 Å². The minimum absolute atomic E-state index is 0.243. The van der Waals surface area contributed by atoms with Gasteiger partial charge >= 0.3 is 0 Å². The first-order chi connectivity index (χ1) is 7.85. The van der Waals surface area contributed by atoms with Crippen LogP contribution < -0.4 is 0 Å². The normalized spacial score (nSPS) is 29.9. The molecule has 92 valence electrons. The molecule has 1 saturated carbocycles. The molecular formula is C14H23ClO. The van der Waals surface area contributed by atoms with Crippen LogP contribution in [0.15, 0.2) is 12.2 Å². The molecule has 0 amide bonds. The Kier molecular flexibility index (Phi) is 4.72. The molecule has 2 rings (SSSR count). The lowest BCUT2D eigenvalue weighted by Crippen LogP contribution is -2.41. The maximum absolute atomic E-state index is 6.08. The molecule has 1 heterocycles. The molecule has 0 aromatic carbocycles. The van der Waals surface area contributed by atoms with E-state index in [0.29, 0.717) is 0 Å². The quantitative estimate of drug-likeness (QED) is 0.530. The molecule has 0 aromatic heterocycles. The molecular weight excluding hydrogens is 220 g/mol. The molecule has 0 aromatic rings. The van der Waals surface area contributed by atoms with Crippen molar-refractivity contribution in [1.29, 1.82) is 0 Å². The van der Waals surface area contributed by atoms with Gasteiger partial charge in [-0.2, -0.15) is 0 Å². The van der Waals surface area contributed by atoms with Gasteiger partial charge in [-0.3, -0.25) is 0 Å². The summed E-state index contributed by atoms with van der Waals surface area (Å²) >= 11 is 5.69. The van der Waals surface area contributed by atoms with Crippen LogP contribution in [0, 0.1) is 5.92 Å². The summed E-state index contributed by atoms with van der Waals surface area (Å²) in [4.78, 5) is 0. The lowest BCUT2D eigenvalue weighted by molar-refractivity contribution is -0.111. The van der Waals surface area contributed by atoms with Crippen molar-refractivity contribution in [3.8, 4) is 0 Å². The maximum atomic E-state index is 6.08. The van der Waals surface area contributed by atoms with Gasteiger partial charge in [0, 0.05) is 12.5 Å².